The molecule has 7 heteroatoms. The number of aromatic amines is 1. The van der Waals surface area contributed by atoms with E-state index in [0.717, 1.165) is 11.4 Å². The molecule has 2 aromatic rings. The van der Waals surface area contributed by atoms with Gasteiger partial charge in [0.2, 0.25) is 5.91 Å². The van der Waals surface area contributed by atoms with Gasteiger partial charge in [-0.2, -0.15) is 0 Å². The van der Waals surface area contributed by atoms with E-state index in [9.17, 15) is 9.36 Å². The van der Waals surface area contributed by atoms with Crippen LogP contribution in [0.4, 0.5) is 0 Å². The van der Waals surface area contributed by atoms with E-state index in [4.69, 9.17) is 9.05 Å². The van der Waals surface area contributed by atoms with Crippen LogP contribution in [0.15, 0.2) is 36.7 Å². The second kappa shape index (κ2) is 4.74. The van der Waals surface area contributed by atoms with Crippen LogP contribution < -0.4 is 0 Å². The van der Waals surface area contributed by atoms with E-state index in [0.29, 0.717) is 0 Å². The molecule has 2 unspecified atom stereocenters. The maximum Gasteiger partial charge on any atom is 0.343 e. The highest BCUT2D eigenvalue weighted by atomic mass is 31.2. The van der Waals surface area contributed by atoms with Crippen molar-refractivity contribution in [2.24, 2.45) is 0 Å². The van der Waals surface area contributed by atoms with Gasteiger partial charge in [0.15, 0.2) is 5.66 Å². The highest BCUT2D eigenvalue weighted by Crippen LogP contribution is 2.60. The minimum Gasteiger partial charge on any atom is -0.364 e. The highest BCUT2D eigenvalue weighted by Gasteiger charge is 2.52. The topological polar surface area (TPSA) is 73.3 Å². The Hall–Kier alpha value is -1.62. The third-order valence-electron chi connectivity index (χ3n) is 3.71. The normalized spacial score (nSPS) is 22.2. The van der Waals surface area contributed by atoms with E-state index in [2.05, 4.69) is 4.98 Å². The van der Waals surface area contributed by atoms with Gasteiger partial charge in [0.25, 0.3) is 0 Å². The van der Waals surface area contributed by atoms with Crippen molar-refractivity contribution in [3.8, 4) is 0 Å². The Labute approximate surface area is 116 Å². The molecule has 1 aliphatic rings. The molecule has 0 aromatic carbocycles. The molecule has 6 nitrogen and oxygen atoms in total. The molecule has 0 spiro atoms. The van der Waals surface area contributed by atoms with E-state index in [-0.39, 0.29) is 11.8 Å². The Bertz CT molecular complexity index is 668. The van der Waals surface area contributed by atoms with Crippen molar-refractivity contribution < 1.29 is 18.4 Å². The molecule has 0 saturated carbocycles. The van der Waals surface area contributed by atoms with Crippen molar-refractivity contribution in [1.82, 2.24) is 9.55 Å². The van der Waals surface area contributed by atoms with Gasteiger partial charge in [-0.05, 0) is 24.3 Å². The van der Waals surface area contributed by atoms with Gasteiger partial charge in [0.05, 0.1) is 5.92 Å². The Kier molecular flexibility index (Phi) is 3.17. The maximum absolute atomic E-state index is 12.7. The largest absolute Gasteiger partial charge is 0.364 e. The minimum absolute atomic E-state index is 0.267. The molecule has 2 aromatic heterocycles. The summed E-state index contributed by atoms with van der Waals surface area (Å²) in [6, 6.07) is 7.35. The summed E-state index contributed by atoms with van der Waals surface area (Å²) in [6.45, 7) is 0. The molecule has 20 heavy (non-hydrogen) atoms. The van der Waals surface area contributed by atoms with Gasteiger partial charge < -0.3 is 14.0 Å². The van der Waals surface area contributed by atoms with Crippen LogP contribution in [-0.4, -0.2) is 35.3 Å². The number of aromatic nitrogens is 2. The molecule has 3 rings (SSSR count). The maximum atomic E-state index is 12.7. The average Bonchev–Trinajstić information content (AvgIpc) is 3.16. The number of carbonyl (C=O) groups is 1. The number of H-pyrrole nitrogens is 1. The zero-order chi connectivity index (χ0) is 14.3. The summed E-state index contributed by atoms with van der Waals surface area (Å²) in [7, 11) is -0.917. The standard InChI is InChI=1S/C13H15N2O4P/c1-18-20(17,19-2)12-11(9-5-3-7-14-9)10-6-4-8-15(10)13(12)16/h3-8,11-12,14H,1-2H3. The summed E-state index contributed by atoms with van der Waals surface area (Å²) >= 11 is 0. The summed E-state index contributed by atoms with van der Waals surface area (Å²) in [5.74, 6) is -0.630. The fourth-order valence-electron chi connectivity index (χ4n) is 2.78. The smallest absolute Gasteiger partial charge is 0.343 e. The fourth-order valence-corrected chi connectivity index (χ4v) is 4.46. The molecule has 0 bridgehead atoms. The fraction of sp³-hybridized carbons (Fsp3) is 0.308. The second-order valence-corrected chi connectivity index (χ2v) is 6.96. The summed E-state index contributed by atoms with van der Waals surface area (Å²) in [5.41, 5.74) is 0.735. The molecule has 0 aliphatic carbocycles. The number of fused-ring (bicyclic) bond motifs is 1. The molecule has 1 aliphatic heterocycles. The Morgan fingerprint density at radius 1 is 1.25 bits per heavy atom. The van der Waals surface area contributed by atoms with Crippen LogP contribution in [0.2, 0.25) is 0 Å². The van der Waals surface area contributed by atoms with Crippen molar-refractivity contribution >= 4 is 13.5 Å². The number of rotatable bonds is 4. The second-order valence-electron chi connectivity index (χ2n) is 4.59. The van der Waals surface area contributed by atoms with Crippen LogP contribution in [0, 0.1) is 0 Å². The van der Waals surface area contributed by atoms with Crippen LogP contribution >= 0.6 is 7.60 Å². The summed E-state index contributed by atoms with van der Waals surface area (Å²) < 4.78 is 24.4. The van der Waals surface area contributed by atoms with E-state index in [1.807, 2.05) is 18.2 Å². The summed E-state index contributed by atoms with van der Waals surface area (Å²) in [6.07, 6.45) is 3.44. The van der Waals surface area contributed by atoms with E-state index in [1.165, 1.54) is 18.8 Å². The highest BCUT2D eigenvalue weighted by molar-refractivity contribution is 7.55. The van der Waals surface area contributed by atoms with Crippen LogP contribution in [0.3, 0.4) is 0 Å². The lowest BCUT2D eigenvalue weighted by molar-refractivity contribution is 0.0912. The molecule has 1 N–H and O–H groups in total. The molecule has 0 saturated heterocycles. The molecular weight excluding hydrogens is 279 g/mol. The number of hydrogen-bond acceptors (Lipinski definition) is 4. The molecule has 0 radical (unpaired) electrons. The first-order valence-corrected chi connectivity index (χ1v) is 7.79. The van der Waals surface area contributed by atoms with E-state index < -0.39 is 13.3 Å². The van der Waals surface area contributed by atoms with Gasteiger partial charge in [-0.15, -0.1) is 0 Å². The lowest BCUT2D eigenvalue weighted by Crippen LogP contribution is -2.25. The molecule has 106 valence electrons. The van der Waals surface area contributed by atoms with Crippen molar-refractivity contribution in [1.29, 1.82) is 0 Å². The van der Waals surface area contributed by atoms with Crippen molar-refractivity contribution in [3.05, 3.63) is 48.0 Å². The van der Waals surface area contributed by atoms with Crippen LogP contribution in [0.5, 0.6) is 0 Å². The molecule has 0 fully saturated rings. The SMILES string of the molecule is COP(=O)(OC)C1C(=O)n2cccc2C1c1ccc[nH]1. The van der Waals surface area contributed by atoms with Crippen LogP contribution in [-0.2, 0) is 13.6 Å². The first-order chi connectivity index (χ1) is 9.62. The van der Waals surface area contributed by atoms with Gasteiger partial charge in [-0.25, -0.2) is 0 Å². The van der Waals surface area contributed by atoms with Gasteiger partial charge in [0, 0.05) is 38.0 Å². The van der Waals surface area contributed by atoms with E-state index in [1.54, 1.807) is 18.5 Å². The van der Waals surface area contributed by atoms with Crippen molar-refractivity contribution in [3.63, 3.8) is 0 Å². The van der Waals surface area contributed by atoms with Gasteiger partial charge in [-0.3, -0.25) is 13.9 Å². The summed E-state index contributed by atoms with van der Waals surface area (Å²) in [4.78, 5) is 15.6. The van der Waals surface area contributed by atoms with Gasteiger partial charge >= 0.3 is 7.60 Å². The first-order valence-electron chi connectivity index (χ1n) is 6.18. The number of nitrogens with zero attached hydrogens (tertiary/aromatic N) is 1. The minimum atomic E-state index is -3.52. The number of nitrogens with one attached hydrogen (secondary N) is 1. The van der Waals surface area contributed by atoms with Gasteiger partial charge in [0.1, 0.15) is 0 Å². The molecule has 2 atom stereocenters. The van der Waals surface area contributed by atoms with Crippen LogP contribution in [0.25, 0.3) is 0 Å². The van der Waals surface area contributed by atoms with Gasteiger partial charge in [-0.1, -0.05) is 0 Å². The Balaban J connectivity index is 2.16. The predicted octanol–water partition coefficient (Wildman–Crippen LogP) is 2.46. The first kappa shape index (κ1) is 13.4. The number of carbonyl (C=O) groups excluding carboxylic acids is 1. The van der Waals surface area contributed by atoms with E-state index >= 15 is 0 Å². The Morgan fingerprint density at radius 3 is 2.60 bits per heavy atom. The number of hydrogen-bond donors (Lipinski definition) is 1. The lowest BCUT2D eigenvalue weighted by atomic mass is 10.0. The quantitative estimate of drug-likeness (QED) is 0.879. The third kappa shape index (κ3) is 1.73. The molecule has 0 amide bonds. The Morgan fingerprint density at radius 2 is 2.00 bits per heavy atom. The molecule has 3 heterocycles. The average molecular weight is 294 g/mol. The van der Waals surface area contributed by atoms with Crippen molar-refractivity contribution in [2.45, 2.75) is 11.6 Å². The van der Waals surface area contributed by atoms with Crippen molar-refractivity contribution in [2.75, 3.05) is 14.2 Å². The molecular formula is C13H15N2O4P. The summed E-state index contributed by atoms with van der Waals surface area (Å²) in [5, 5.41) is 0. The van der Waals surface area contributed by atoms with Crippen LogP contribution in [0.1, 0.15) is 22.1 Å². The monoisotopic (exact) mass is 294 g/mol. The third-order valence-corrected chi connectivity index (χ3v) is 5.93. The predicted molar refractivity (Wildman–Crippen MR) is 73.1 cm³/mol. The zero-order valence-electron chi connectivity index (χ0n) is 11.1. The lowest BCUT2D eigenvalue weighted by Gasteiger charge is -2.23. The zero-order valence-corrected chi connectivity index (χ0v) is 12.0.